The van der Waals surface area contributed by atoms with E-state index in [0.29, 0.717) is 12.0 Å². The van der Waals surface area contributed by atoms with Crippen molar-refractivity contribution in [3.63, 3.8) is 0 Å². The highest BCUT2D eigenvalue weighted by Gasteiger charge is 2.30. The quantitative estimate of drug-likeness (QED) is 0.582. The van der Waals surface area contributed by atoms with Crippen molar-refractivity contribution in [3.05, 3.63) is 70.8 Å². The highest BCUT2D eigenvalue weighted by molar-refractivity contribution is 5.76. The van der Waals surface area contributed by atoms with Gasteiger partial charge in [0.15, 0.2) is 6.10 Å². The number of carbonyl (C=O) groups is 1. The van der Waals surface area contributed by atoms with Crippen LogP contribution in [0, 0.1) is 0 Å². The molecule has 0 spiro atoms. The summed E-state index contributed by atoms with van der Waals surface area (Å²) in [5.74, 6) is -0.739. The van der Waals surface area contributed by atoms with E-state index in [2.05, 4.69) is 10.1 Å². The van der Waals surface area contributed by atoms with Crippen LogP contribution < -0.4 is 5.32 Å². The summed E-state index contributed by atoms with van der Waals surface area (Å²) in [4.78, 5) is 11.3. The first-order chi connectivity index (χ1) is 13.6. The molecule has 0 heterocycles. The van der Waals surface area contributed by atoms with Crippen LogP contribution in [0.4, 0.5) is 13.2 Å². The lowest BCUT2D eigenvalue weighted by atomic mass is 10.0. The van der Waals surface area contributed by atoms with Gasteiger partial charge < -0.3 is 20.3 Å². The minimum atomic E-state index is -4.45. The molecular weight excluding hydrogens is 387 g/mol. The standard InChI is InChI=1S/C21H24F3NO4/c1-13(10-14-6-8-15(9-7-14)19(27)20(28)29-2)25-12-18(26)16-4-3-5-17(11-16)21(22,23)24/h3-9,11,13,18-19,25-27H,10,12H2,1-2H3. The lowest BCUT2D eigenvalue weighted by Crippen LogP contribution is -2.32. The van der Waals surface area contributed by atoms with Crippen molar-refractivity contribution in [1.82, 2.24) is 5.32 Å². The van der Waals surface area contributed by atoms with Gasteiger partial charge in [-0.15, -0.1) is 0 Å². The number of carbonyl (C=O) groups excluding carboxylic acids is 1. The maximum Gasteiger partial charge on any atom is 0.416 e. The van der Waals surface area contributed by atoms with Crippen LogP contribution in [-0.2, 0) is 22.1 Å². The Morgan fingerprint density at radius 2 is 1.76 bits per heavy atom. The van der Waals surface area contributed by atoms with E-state index < -0.39 is 29.9 Å². The fourth-order valence-electron chi connectivity index (χ4n) is 2.86. The monoisotopic (exact) mass is 411 g/mol. The number of rotatable bonds is 8. The third-order valence-corrected chi connectivity index (χ3v) is 4.52. The third kappa shape index (κ3) is 6.56. The first-order valence-electron chi connectivity index (χ1n) is 9.05. The zero-order valence-corrected chi connectivity index (χ0v) is 16.1. The van der Waals surface area contributed by atoms with Crippen LogP contribution >= 0.6 is 0 Å². The molecule has 29 heavy (non-hydrogen) atoms. The van der Waals surface area contributed by atoms with E-state index in [0.717, 1.165) is 17.7 Å². The van der Waals surface area contributed by atoms with Gasteiger partial charge >= 0.3 is 12.1 Å². The highest BCUT2D eigenvalue weighted by Crippen LogP contribution is 2.30. The van der Waals surface area contributed by atoms with E-state index in [1.165, 1.54) is 19.2 Å². The number of benzene rings is 2. The first-order valence-corrected chi connectivity index (χ1v) is 9.05. The number of alkyl halides is 3. The SMILES string of the molecule is COC(=O)C(O)c1ccc(CC(C)NCC(O)c2cccc(C(F)(F)F)c2)cc1. The van der Waals surface area contributed by atoms with Crippen LogP contribution in [0.5, 0.6) is 0 Å². The average Bonchev–Trinajstić information content (AvgIpc) is 2.71. The molecule has 0 aromatic heterocycles. The van der Waals surface area contributed by atoms with Crippen LogP contribution in [0.1, 0.15) is 41.4 Å². The molecule has 0 aliphatic heterocycles. The zero-order valence-electron chi connectivity index (χ0n) is 16.1. The lowest BCUT2D eigenvalue weighted by Gasteiger charge is -2.19. The molecule has 3 atom stereocenters. The summed E-state index contributed by atoms with van der Waals surface area (Å²) < 4.78 is 42.9. The number of hydrogen-bond donors (Lipinski definition) is 3. The zero-order chi connectivity index (χ0) is 21.6. The van der Waals surface area contributed by atoms with E-state index in [1.807, 2.05) is 6.92 Å². The van der Waals surface area contributed by atoms with Crippen molar-refractivity contribution >= 4 is 5.97 Å². The molecule has 0 saturated heterocycles. The summed E-state index contributed by atoms with van der Waals surface area (Å²) in [7, 11) is 1.20. The minimum absolute atomic E-state index is 0.0631. The number of ether oxygens (including phenoxy) is 1. The fourth-order valence-corrected chi connectivity index (χ4v) is 2.86. The molecule has 158 valence electrons. The summed E-state index contributed by atoms with van der Waals surface area (Å²) >= 11 is 0. The lowest BCUT2D eigenvalue weighted by molar-refractivity contribution is -0.150. The number of aliphatic hydroxyl groups is 2. The molecule has 3 unspecified atom stereocenters. The van der Waals surface area contributed by atoms with Gasteiger partial charge in [0.2, 0.25) is 0 Å². The Labute approximate surface area is 167 Å². The summed E-state index contributed by atoms with van der Waals surface area (Å²) in [6.45, 7) is 1.98. The van der Waals surface area contributed by atoms with Crippen LogP contribution in [0.2, 0.25) is 0 Å². The molecule has 0 saturated carbocycles. The van der Waals surface area contributed by atoms with Crippen molar-refractivity contribution in [2.24, 2.45) is 0 Å². The molecule has 0 aliphatic rings. The molecule has 2 aromatic carbocycles. The molecule has 0 radical (unpaired) electrons. The predicted octanol–water partition coefficient (Wildman–Crippen LogP) is 3.17. The summed E-state index contributed by atoms with van der Waals surface area (Å²) in [5, 5.41) is 23.1. The van der Waals surface area contributed by atoms with Crippen molar-refractivity contribution in [1.29, 1.82) is 0 Å². The van der Waals surface area contributed by atoms with Crippen molar-refractivity contribution in [2.75, 3.05) is 13.7 Å². The van der Waals surface area contributed by atoms with Gasteiger partial charge in [-0.05, 0) is 42.2 Å². The maximum atomic E-state index is 12.8. The largest absolute Gasteiger partial charge is 0.467 e. The average molecular weight is 411 g/mol. The van der Waals surface area contributed by atoms with Gasteiger partial charge in [0.1, 0.15) is 0 Å². The molecular formula is C21H24F3NO4. The molecule has 8 heteroatoms. The van der Waals surface area contributed by atoms with E-state index in [9.17, 15) is 28.2 Å². The second-order valence-electron chi connectivity index (χ2n) is 6.82. The molecule has 2 aromatic rings. The van der Waals surface area contributed by atoms with Gasteiger partial charge in [-0.1, -0.05) is 36.4 Å². The van der Waals surface area contributed by atoms with Gasteiger partial charge in [0.25, 0.3) is 0 Å². The smallest absolute Gasteiger partial charge is 0.416 e. The van der Waals surface area contributed by atoms with Crippen molar-refractivity contribution in [2.45, 2.75) is 37.8 Å². The summed E-state index contributed by atoms with van der Waals surface area (Å²) in [5.41, 5.74) is 0.748. The van der Waals surface area contributed by atoms with Crippen LogP contribution in [0.15, 0.2) is 48.5 Å². The first kappa shape index (κ1) is 22.9. The Balaban J connectivity index is 1.89. The topological polar surface area (TPSA) is 78.8 Å². The normalized spacial score (nSPS) is 14.9. The summed E-state index contributed by atoms with van der Waals surface area (Å²) in [6, 6.07) is 11.4. The van der Waals surface area contributed by atoms with E-state index in [1.54, 1.807) is 24.3 Å². The third-order valence-electron chi connectivity index (χ3n) is 4.52. The number of esters is 1. The van der Waals surface area contributed by atoms with Gasteiger partial charge in [-0.2, -0.15) is 13.2 Å². The Bertz CT molecular complexity index is 808. The second-order valence-corrected chi connectivity index (χ2v) is 6.82. The molecule has 0 fully saturated rings. The number of halogens is 3. The summed E-state index contributed by atoms with van der Waals surface area (Å²) in [6.07, 6.45) is -6.28. The molecule has 0 aliphatic carbocycles. The van der Waals surface area contributed by atoms with Gasteiger partial charge in [-0.3, -0.25) is 0 Å². The van der Waals surface area contributed by atoms with Gasteiger partial charge in [0.05, 0.1) is 18.8 Å². The fraction of sp³-hybridized carbons (Fsp3) is 0.381. The predicted molar refractivity (Wildman–Crippen MR) is 101 cm³/mol. The highest BCUT2D eigenvalue weighted by atomic mass is 19.4. The van der Waals surface area contributed by atoms with Gasteiger partial charge in [-0.25, -0.2) is 4.79 Å². The second kappa shape index (κ2) is 9.87. The van der Waals surface area contributed by atoms with Crippen LogP contribution in [0.3, 0.4) is 0 Å². The van der Waals surface area contributed by atoms with Crippen molar-refractivity contribution < 1.29 is 32.9 Å². The van der Waals surface area contributed by atoms with Crippen molar-refractivity contribution in [3.8, 4) is 0 Å². The van der Waals surface area contributed by atoms with Crippen LogP contribution in [0.25, 0.3) is 0 Å². The molecule has 3 N–H and O–H groups in total. The molecule has 0 amide bonds. The minimum Gasteiger partial charge on any atom is -0.467 e. The molecule has 0 bridgehead atoms. The Morgan fingerprint density at radius 3 is 2.34 bits per heavy atom. The van der Waals surface area contributed by atoms with Gasteiger partial charge in [0, 0.05) is 12.6 Å². The maximum absolute atomic E-state index is 12.8. The van der Waals surface area contributed by atoms with E-state index >= 15 is 0 Å². The molecule has 2 rings (SSSR count). The Kier molecular flexibility index (Phi) is 7.78. The Morgan fingerprint density at radius 1 is 1.10 bits per heavy atom. The molecule has 5 nitrogen and oxygen atoms in total. The van der Waals surface area contributed by atoms with E-state index in [4.69, 9.17) is 0 Å². The number of methoxy groups -OCH3 is 1. The number of nitrogens with one attached hydrogen (secondary N) is 1. The van der Waals surface area contributed by atoms with Crippen LogP contribution in [-0.4, -0.2) is 35.9 Å². The number of aliphatic hydroxyl groups excluding tert-OH is 2. The Hall–Kier alpha value is -2.42. The van der Waals surface area contributed by atoms with E-state index in [-0.39, 0.29) is 18.2 Å². The number of hydrogen-bond acceptors (Lipinski definition) is 5.